The van der Waals surface area contributed by atoms with Gasteiger partial charge in [-0.25, -0.2) is 0 Å². The number of rotatable bonds is 31. The highest BCUT2D eigenvalue weighted by Gasteiger charge is 2.39. The number of hydrogen-bond acceptors (Lipinski definition) is 8. The lowest BCUT2D eigenvalue weighted by atomic mass is 9.88. The van der Waals surface area contributed by atoms with Crippen LogP contribution in [0.4, 0.5) is 0 Å². The van der Waals surface area contributed by atoms with Crippen molar-refractivity contribution in [1.82, 2.24) is 0 Å². The van der Waals surface area contributed by atoms with E-state index in [4.69, 9.17) is 9.47 Å². The third kappa shape index (κ3) is 23.3. The molecule has 1 fully saturated rings. The van der Waals surface area contributed by atoms with Crippen LogP contribution in [-0.2, 0) is 23.9 Å². The number of carbonyl (C=O) groups is 3. The number of unbranched alkanes of at least 4 members (excludes halogenated alkanes) is 17. The van der Waals surface area contributed by atoms with Gasteiger partial charge in [-0.1, -0.05) is 142 Å². The number of Topliss-reactive ketones (excluding diaryl/α,β-unsaturated/α-hetero) is 1. The van der Waals surface area contributed by atoms with Gasteiger partial charge in [0, 0.05) is 25.2 Å². The minimum absolute atomic E-state index is 0.0361. The molecule has 5 atom stereocenters. The molecule has 0 aromatic carbocycles. The van der Waals surface area contributed by atoms with Gasteiger partial charge in [0.1, 0.15) is 25.1 Å². The van der Waals surface area contributed by atoms with Crippen molar-refractivity contribution in [1.29, 1.82) is 0 Å². The standard InChI is InChI=1S/C39H70O8/c1-3-5-7-8-9-10-11-12-13-14-15-16-21-25-38(44)46-30-33(41)31-47-39(45)26-22-18-17-20-24-34-35(37(43)29-36(34)42)28-27-32(40)23-19-6-4-2/h27-28,32-36,40-42H,3-26,29-31H2,1-2H3/b28-27+/t32-,33+,34+,35+,36-/m0/s1. The lowest BCUT2D eigenvalue weighted by molar-refractivity contribution is -0.152. The molecule has 0 spiro atoms. The summed E-state index contributed by atoms with van der Waals surface area (Å²) in [6, 6.07) is 0. The van der Waals surface area contributed by atoms with Gasteiger partial charge in [-0.3, -0.25) is 14.4 Å². The molecule has 0 radical (unpaired) electrons. The third-order valence-corrected chi connectivity index (χ3v) is 9.41. The van der Waals surface area contributed by atoms with Crippen molar-refractivity contribution >= 4 is 17.7 Å². The maximum atomic E-state index is 12.4. The first-order chi connectivity index (χ1) is 22.8. The molecular weight excluding hydrogens is 596 g/mol. The summed E-state index contributed by atoms with van der Waals surface area (Å²) in [5.74, 6) is -1.15. The Morgan fingerprint density at radius 1 is 0.702 bits per heavy atom. The average molecular weight is 667 g/mol. The van der Waals surface area contributed by atoms with Crippen LogP contribution in [0.5, 0.6) is 0 Å². The Kier molecular flexibility index (Phi) is 26.8. The molecule has 1 rings (SSSR count). The predicted octanol–water partition coefficient (Wildman–Crippen LogP) is 8.32. The van der Waals surface area contributed by atoms with Crippen LogP contribution < -0.4 is 0 Å². The maximum absolute atomic E-state index is 12.4. The average Bonchev–Trinajstić information content (AvgIpc) is 3.32. The molecule has 0 aliphatic heterocycles. The molecule has 8 heteroatoms. The summed E-state index contributed by atoms with van der Waals surface area (Å²) in [5.41, 5.74) is 0. The zero-order chi connectivity index (χ0) is 34.5. The van der Waals surface area contributed by atoms with Gasteiger partial charge in [0.2, 0.25) is 0 Å². The predicted molar refractivity (Wildman–Crippen MR) is 188 cm³/mol. The van der Waals surface area contributed by atoms with E-state index in [0.29, 0.717) is 19.3 Å². The SMILES string of the molecule is CCCCCCCCCCCCCCCC(=O)OC[C@@H](O)COC(=O)CCCCCC[C@H]1[C@@H](O)CC(=O)[C@@H]1/C=C/[C@@H](O)CCCCC. The van der Waals surface area contributed by atoms with E-state index >= 15 is 0 Å². The first-order valence-corrected chi connectivity index (χ1v) is 19.3. The second kappa shape index (κ2) is 29.2. The van der Waals surface area contributed by atoms with Gasteiger partial charge in [0.25, 0.3) is 0 Å². The quantitative estimate of drug-likeness (QED) is 0.0383. The van der Waals surface area contributed by atoms with Crippen molar-refractivity contribution in [3.63, 3.8) is 0 Å². The summed E-state index contributed by atoms with van der Waals surface area (Å²) in [6.45, 7) is 4.00. The maximum Gasteiger partial charge on any atom is 0.305 e. The monoisotopic (exact) mass is 667 g/mol. The minimum atomic E-state index is -1.03. The molecule has 0 unspecified atom stereocenters. The number of ether oxygens (including phenoxy) is 2. The summed E-state index contributed by atoms with van der Waals surface area (Å²) >= 11 is 0. The number of carbonyl (C=O) groups excluding carboxylic acids is 3. The fourth-order valence-electron chi connectivity index (χ4n) is 6.40. The number of allylic oxidation sites excluding steroid dienone is 1. The molecule has 3 N–H and O–H groups in total. The van der Waals surface area contributed by atoms with Gasteiger partial charge < -0.3 is 24.8 Å². The first-order valence-electron chi connectivity index (χ1n) is 19.3. The molecule has 274 valence electrons. The molecule has 47 heavy (non-hydrogen) atoms. The highest BCUT2D eigenvalue weighted by molar-refractivity contribution is 5.86. The lowest BCUT2D eigenvalue weighted by Crippen LogP contribution is -2.25. The van der Waals surface area contributed by atoms with Crippen molar-refractivity contribution in [3.8, 4) is 0 Å². The summed E-state index contributed by atoms with van der Waals surface area (Å²) in [4.78, 5) is 36.4. The smallest absolute Gasteiger partial charge is 0.305 e. The minimum Gasteiger partial charge on any atom is -0.463 e. The van der Waals surface area contributed by atoms with Crippen molar-refractivity contribution in [2.75, 3.05) is 13.2 Å². The van der Waals surface area contributed by atoms with E-state index in [2.05, 4.69) is 13.8 Å². The van der Waals surface area contributed by atoms with E-state index in [9.17, 15) is 29.7 Å². The van der Waals surface area contributed by atoms with Crippen LogP contribution in [0.25, 0.3) is 0 Å². The number of aliphatic hydroxyl groups is 3. The number of esters is 2. The van der Waals surface area contributed by atoms with Gasteiger partial charge in [0.15, 0.2) is 0 Å². The van der Waals surface area contributed by atoms with Crippen LogP contribution >= 0.6 is 0 Å². The van der Waals surface area contributed by atoms with Crippen LogP contribution in [0.15, 0.2) is 12.2 Å². The van der Waals surface area contributed by atoms with E-state index in [1.807, 2.05) is 0 Å². The Labute approximate surface area is 286 Å². The molecule has 0 bridgehead atoms. The lowest BCUT2D eigenvalue weighted by Gasteiger charge is -2.19. The van der Waals surface area contributed by atoms with Crippen LogP contribution in [0, 0.1) is 11.8 Å². The summed E-state index contributed by atoms with van der Waals surface area (Å²) in [5, 5.41) is 30.6. The highest BCUT2D eigenvalue weighted by Crippen LogP contribution is 2.34. The number of aliphatic hydroxyl groups excluding tert-OH is 3. The topological polar surface area (TPSA) is 130 Å². The fourth-order valence-corrected chi connectivity index (χ4v) is 6.40. The largest absolute Gasteiger partial charge is 0.463 e. The van der Waals surface area contributed by atoms with Crippen LogP contribution in [0.1, 0.15) is 174 Å². The van der Waals surface area contributed by atoms with Gasteiger partial charge in [-0.2, -0.15) is 0 Å². The molecule has 1 aliphatic rings. The molecular formula is C39H70O8. The van der Waals surface area contributed by atoms with Crippen LogP contribution in [-0.4, -0.2) is 64.6 Å². The molecule has 0 amide bonds. The van der Waals surface area contributed by atoms with E-state index in [1.54, 1.807) is 12.2 Å². The van der Waals surface area contributed by atoms with Crippen LogP contribution in [0.3, 0.4) is 0 Å². The summed E-state index contributed by atoms with van der Waals surface area (Å²) in [6.07, 6.45) is 26.0. The number of ketones is 1. The fraction of sp³-hybridized carbons (Fsp3) is 0.872. The van der Waals surface area contributed by atoms with Crippen LogP contribution in [0.2, 0.25) is 0 Å². The van der Waals surface area contributed by atoms with E-state index < -0.39 is 18.3 Å². The zero-order valence-corrected chi connectivity index (χ0v) is 30.0. The Balaban J connectivity index is 2.03. The van der Waals surface area contributed by atoms with Gasteiger partial charge >= 0.3 is 11.9 Å². The summed E-state index contributed by atoms with van der Waals surface area (Å²) in [7, 11) is 0. The number of hydrogen-bond donors (Lipinski definition) is 3. The normalized spacial score (nSPS) is 19.3. The van der Waals surface area contributed by atoms with Gasteiger partial charge in [-0.05, 0) is 31.6 Å². The van der Waals surface area contributed by atoms with Crippen molar-refractivity contribution < 1.29 is 39.2 Å². The Morgan fingerprint density at radius 3 is 1.66 bits per heavy atom. The van der Waals surface area contributed by atoms with E-state index in [1.165, 1.54) is 64.2 Å². The molecule has 0 heterocycles. The van der Waals surface area contributed by atoms with Crippen molar-refractivity contribution in [2.45, 2.75) is 193 Å². The van der Waals surface area contributed by atoms with Gasteiger partial charge in [0.05, 0.1) is 12.2 Å². The Hall–Kier alpha value is -1.77. The second-order valence-corrected chi connectivity index (χ2v) is 13.8. The first kappa shape index (κ1) is 43.3. The highest BCUT2D eigenvalue weighted by atomic mass is 16.6. The zero-order valence-electron chi connectivity index (χ0n) is 30.0. The van der Waals surface area contributed by atoms with Crippen molar-refractivity contribution in [2.24, 2.45) is 11.8 Å². The van der Waals surface area contributed by atoms with E-state index in [-0.39, 0.29) is 55.6 Å². The molecule has 0 saturated heterocycles. The molecule has 0 aromatic rings. The van der Waals surface area contributed by atoms with Crippen molar-refractivity contribution in [3.05, 3.63) is 12.2 Å². The third-order valence-electron chi connectivity index (χ3n) is 9.41. The van der Waals surface area contributed by atoms with Gasteiger partial charge in [-0.15, -0.1) is 0 Å². The second-order valence-electron chi connectivity index (χ2n) is 13.8. The summed E-state index contributed by atoms with van der Waals surface area (Å²) < 4.78 is 10.3. The molecule has 1 saturated carbocycles. The molecule has 0 aromatic heterocycles. The Morgan fingerprint density at radius 2 is 1.15 bits per heavy atom. The van der Waals surface area contributed by atoms with E-state index in [0.717, 1.165) is 64.2 Å². The molecule has 8 nitrogen and oxygen atoms in total. The molecule has 1 aliphatic carbocycles. The Bertz CT molecular complexity index is 828.